The van der Waals surface area contributed by atoms with E-state index in [2.05, 4.69) is 41.7 Å². The number of nitrogens with one attached hydrogen (secondary N) is 1. The van der Waals surface area contributed by atoms with Crippen LogP contribution in [0.25, 0.3) is 10.8 Å². The lowest BCUT2D eigenvalue weighted by molar-refractivity contribution is 0.103. The molecule has 0 saturated carbocycles. The van der Waals surface area contributed by atoms with Gasteiger partial charge in [-0.15, -0.1) is 0 Å². The molecule has 146 valence electrons. The third-order valence-corrected chi connectivity index (χ3v) is 6.72. The number of thioether (sulfide) groups is 1. The quantitative estimate of drug-likeness (QED) is 0.354. The minimum Gasteiger partial charge on any atom is -0.350 e. The Morgan fingerprint density at radius 2 is 1.43 bits per heavy atom. The van der Waals surface area contributed by atoms with E-state index in [9.17, 15) is 4.79 Å². The Labute approximate surface area is 180 Å². The lowest BCUT2D eigenvalue weighted by Crippen LogP contribution is -2.07. The highest BCUT2D eigenvalue weighted by Crippen LogP contribution is 2.48. The molecule has 5 rings (SSSR count). The molecule has 0 fully saturated rings. The highest BCUT2D eigenvalue weighted by molar-refractivity contribution is 8.03. The summed E-state index contributed by atoms with van der Waals surface area (Å²) in [4.78, 5) is 13.6. The van der Waals surface area contributed by atoms with E-state index in [0.717, 1.165) is 39.0 Å². The fourth-order valence-corrected chi connectivity index (χ4v) is 5.17. The van der Waals surface area contributed by atoms with Crippen molar-refractivity contribution < 1.29 is 4.79 Å². The second-order valence-electron chi connectivity index (χ2n) is 7.41. The van der Waals surface area contributed by atoms with E-state index < -0.39 is 0 Å². The first-order valence-electron chi connectivity index (χ1n) is 10.1. The summed E-state index contributed by atoms with van der Waals surface area (Å²) in [5, 5.41) is 6.92. The van der Waals surface area contributed by atoms with Crippen LogP contribution in [0.4, 0.5) is 5.69 Å². The van der Waals surface area contributed by atoms with Crippen molar-refractivity contribution in [3.63, 3.8) is 0 Å². The van der Waals surface area contributed by atoms with Crippen molar-refractivity contribution in [1.82, 2.24) is 0 Å². The molecule has 0 spiro atoms. The summed E-state index contributed by atoms with van der Waals surface area (Å²) in [6.07, 6.45) is 0.718. The van der Waals surface area contributed by atoms with Gasteiger partial charge >= 0.3 is 0 Å². The van der Waals surface area contributed by atoms with Crippen molar-refractivity contribution in [1.29, 1.82) is 0 Å². The van der Waals surface area contributed by atoms with Crippen molar-refractivity contribution in [2.75, 3.05) is 5.32 Å². The van der Waals surface area contributed by atoms with Crippen LogP contribution < -0.4 is 5.32 Å². The standard InChI is InChI=1S/C27H21NOS/c29-26(22-16-15-19-9-7-8-12-21(19)17-22)24-18-25(20-10-3-1-4-11-20)30-27(24)28-23-13-5-2-6-14-23/h1-17,25,28H,18H2. The Kier molecular flexibility index (Phi) is 5.12. The summed E-state index contributed by atoms with van der Waals surface area (Å²) in [7, 11) is 0. The van der Waals surface area contributed by atoms with Gasteiger partial charge in [0.1, 0.15) is 0 Å². The molecule has 0 saturated heterocycles. The predicted octanol–water partition coefficient (Wildman–Crippen LogP) is 7.22. The topological polar surface area (TPSA) is 29.1 Å². The molecule has 1 unspecified atom stereocenters. The first kappa shape index (κ1) is 18.7. The Bertz CT molecular complexity index is 1230. The molecule has 30 heavy (non-hydrogen) atoms. The lowest BCUT2D eigenvalue weighted by atomic mass is 9.96. The maximum absolute atomic E-state index is 13.6. The van der Waals surface area contributed by atoms with E-state index in [4.69, 9.17) is 0 Å². The van der Waals surface area contributed by atoms with E-state index in [1.54, 1.807) is 11.8 Å². The number of hydrogen-bond donors (Lipinski definition) is 1. The van der Waals surface area contributed by atoms with Crippen molar-refractivity contribution >= 4 is 34.0 Å². The molecule has 4 aromatic rings. The molecule has 1 aliphatic rings. The monoisotopic (exact) mass is 407 g/mol. The van der Waals surface area contributed by atoms with Gasteiger partial charge in [0.15, 0.2) is 5.78 Å². The minimum atomic E-state index is 0.102. The summed E-state index contributed by atoms with van der Waals surface area (Å²) >= 11 is 1.74. The molecule has 1 N–H and O–H groups in total. The zero-order chi connectivity index (χ0) is 20.3. The second-order valence-corrected chi connectivity index (χ2v) is 8.62. The average Bonchev–Trinajstić information content (AvgIpc) is 3.23. The molecule has 0 aliphatic carbocycles. The number of carbonyl (C=O) groups is 1. The Hall–Kier alpha value is -3.30. The number of rotatable bonds is 5. The molecule has 0 aromatic heterocycles. The Balaban J connectivity index is 1.51. The van der Waals surface area contributed by atoms with Crippen LogP contribution in [0.15, 0.2) is 114 Å². The fourth-order valence-electron chi connectivity index (χ4n) is 3.84. The van der Waals surface area contributed by atoms with Gasteiger partial charge in [0.25, 0.3) is 0 Å². The lowest BCUT2D eigenvalue weighted by Gasteiger charge is -2.11. The number of benzene rings is 4. The Morgan fingerprint density at radius 1 is 0.767 bits per heavy atom. The molecule has 0 radical (unpaired) electrons. The number of anilines is 1. The van der Waals surface area contributed by atoms with E-state index in [1.165, 1.54) is 5.56 Å². The summed E-state index contributed by atoms with van der Waals surface area (Å²) < 4.78 is 0. The molecule has 2 nitrogen and oxygen atoms in total. The van der Waals surface area contributed by atoms with Gasteiger partial charge in [0, 0.05) is 22.1 Å². The van der Waals surface area contributed by atoms with Crippen LogP contribution in [0, 0.1) is 0 Å². The number of ketones is 1. The number of Topliss-reactive ketones (excluding diaryl/α,β-unsaturated/α-hetero) is 1. The van der Waals surface area contributed by atoms with E-state index >= 15 is 0 Å². The molecular formula is C27H21NOS. The van der Waals surface area contributed by atoms with E-state index in [1.807, 2.05) is 66.7 Å². The molecule has 0 amide bonds. The van der Waals surface area contributed by atoms with Crippen LogP contribution in [0.2, 0.25) is 0 Å². The summed E-state index contributed by atoms with van der Waals surface area (Å²) in [6.45, 7) is 0. The van der Waals surface area contributed by atoms with Gasteiger partial charge in [-0.25, -0.2) is 0 Å². The highest BCUT2D eigenvalue weighted by atomic mass is 32.2. The largest absolute Gasteiger partial charge is 0.350 e. The van der Waals surface area contributed by atoms with E-state index in [0.29, 0.717) is 0 Å². The van der Waals surface area contributed by atoms with Crippen molar-refractivity contribution in [2.24, 2.45) is 0 Å². The smallest absolute Gasteiger partial charge is 0.191 e. The zero-order valence-electron chi connectivity index (χ0n) is 16.4. The fraction of sp³-hybridized carbons (Fsp3) is 0.0741. The third kappa shape index (κ3) is 3.77. The van der Waals surface area contributed by atoms with Crippen molar-refractivity contribution in [2.45, 2.75) is 11.7 Å². The van der Waals surface area contributed by atoms with Crippen LogP contribution in [-0.4, -0.2) is 5.78 Å². The maximum Gasteiger partial charge on any atom is 0.191 e. The zero-order valence-corrected chi connectivity index (χ0v) is 17.2. The van der Waals surface area contributed by atoms with Crippen LogP contribution in [0.3, 0.4) is 0 Å². The SMILES string of the molecule is O=C(C1=C(Nc2ccccc2)SC(c2ccccc2)C1)c1ccc2ccccc2c1. The van der Waals surface area contributed by atoms with Crippen molar-refractivity contribution in [3.8, 4) is 0 Å². The number of carbonyl (C=O) groups excluding carboxylic acids is 1. The summed E-state index contributed by atoms with van der Waals surface area (Å²) in [5.41, 5.74) is 3.84. The maximum atomic E-state index is 13.6. The molecule has 1 heterocycles. The molecule has 4 aromatic carbocycles. The van der Waals surface area contributed by atoms with Crippen LogP contribution in [0.5, 0.6) is 0 Å². The normalized spacial score (nSPS) is 16.1. The number of fused-ring (bicyclic) bond motifs is 1. The first-order chi connectivity index (χ1) is 14.8. The van der Waals surface area contributed by atoms with Crippen molar-refractivity contribution in [3.05, 3.63) is 125 Å². The van der Waals surface area contributed by atoms with Gasteiger partial charge in [0.2, 0.25) is 0 Å². The van der Waals surface area contributed by atoms with Gasteiger partial charge in [-0.1, -0.05) is 96.7 Å². The van der Waals surface area contributed by atoms with Gasteiger partial charge in [-0.05, 0) is 41.0 Å². The second kappa shape index (κ2) is 8.21. The molecule has 1 atom stereocenters. The minimum absolute atomic E-state index is 0.102. The van der Waals surface area contributed by atoms with Crippen LogP contribution in [0.1, 0.15) is 27.6 Å². The summed E-state index contributed by atoms with van der Waals surface area (Å²) in [5.74, 6) is 0.102. The number of hydrogen-bond acceptors (Lipinski definition) is 3. The number of para-hydroxylation sites is 1. The molecule has 3 heteroatoms. The molecule has 0 bridgehead atoms. The molecular weight excluding hydrogens is 386 g/mol. The average molecular weight is 408 g/mol. The highest BCUT2D eigenvalue weighted by Gasteiger charge is 2.31. The van der Waals surface area contributed by atoms with Crippen LogP contribution >= 0.6 is 11.8 Å². The predicted molar refractivity (Wildman–Crippen MR) is 127 cm³/mol. The first-order valence-corrected chi connectivity index (χ1v) is 11.0. The van der Waals surface area contributed by atoms with Gasteiger partial charge in [-0.3, -0.25) is 4.79 Å². The number of allylic oxidation sites excluding steroid dienone is 1. The van der Waals surface area contributed by atoms with Crippen LogP contribution in [-0.2, 0) is 0 Å². The van der Waals surface area contributed by atoms with E-state index in [-0.39, 0.29) is 11.0 Å². The molecule has 1 aliphatic heterocycles. The Morgan fingerprint density at radius 3 is 2.20 bits per heavy atom. The van der Waals surface area contributed by atoms with Gasteiger partial charge < -0.3 is 5.32 Å². The van der Waals surface area contributed by atoms with Gasteiger partial charge in [0.05, 0.1) is 5.03 Å². The third-order valence-electron chi connectivity index (χ3n) is 5.41. The van der Waals surface area contributed by atoms with Gasteiger partial charge in [-0.2, -0.15) is 0 Å². The summed E-state index contributed by atoms with van der Waals surface area (Å²) in [6, 6.07) is 34.6.